The number of amides is 2. The maximum absolute atomic E-state index is 12.2. The number of nitrogens with one attached hydrogen (secondary N) is 1. The topological polar surface area (TPSA) is 125 Å². The van der Waals surface area contributed by atoms with E-state index in [0.29, 0.717) is 5.75 Å². The number of hydrogen-bond acceptors (Lipinski definition) is 7. The second kappa shape index (κ2) is 7.66. The zero-order valence-corrected chi connectivity index (χ0v) is 16.1. The van der Waals surface area contributed by atoms with E-state index in [1.54, 1.807) is 0 Å². The predicted molar refractivity (Wildman–Crippen MR) is 91.8 cm³/mol. The van der Waals surface area contributed by atoms with Crippen molar-refractivity contribution in [2.75, 3.05) is 12.9 Å². The van der Waals surface area contributed by atoms with Crippen molar-refractivity contribution in [2.24, 2.45) is 5.16 Å². The summed E-state index contributed by atoms with van der Waals surface area (Å²) < 4.78 is -0.844. The first-order valence-corrected chi connectivity index (χ1v) is 9.30. The van der Waals surface area contributed by atoms with Gasteiger partial charge in [0.05, 0.1) is 0 Å². The normalized spacial score (nSPS) is 23.2. The maximum atomic E-state index is 12.2. The molecule has 1 saturated heterocycles. The molecule has 0 saturated carbocycles. The molecule has 2 N–H and O–H groups in total. The van der Waals surface area contributed by atoms with Crippen molar-refractivity contribution in [1.29, 1.82) is 0 Å². The third-order valence-electron chi connectivity index (χ3n) is 3.18. The number of carbonyl (C=O) groups excluding carboxylic acids is 3. The number of Topliss-reactive ketones (excluding diaryl/α,β-unsaturated/α-hetero) is 1. The second-order valence-corrected chi connectivity index (χ2v) is 8.77. The lowest BCUT2D eigenvalue weighted by atomic mass is 10.0. The fourth-order valence-electron chi connectivity index (χ4n) is 2.14. The van der Waals surface area contributed by atoms with Gasteiger partial charge in [-0.25, -0.2) is 4.79 Å². The van der Waals surface area contributed by atoms with Crippen molar-refractivity contribution in [1.82, 2.24) is 10.2 Å². The summed E-state index contributed by atoms with van der Waals surface area (Å²) in [6.45, 7) is 0. The first-order valence-electron chi connectivity index (χ1n) is 6.42. The van der Waals surface area contributed by atoms with Gasteiger partial charge in [0.15, 0.2) is 0 Å². The van der Waals surface area contributed by atoms with E-state index >= 15 is 0 Å². The molecule has 0 aromatic heterocycles. The van der Waals surface area contributed by atoms with Gasteiger partial charge in [0.1, 0.15) is 28.0 Å². The van der Waals surface area contributed by atoms with Crippen LogP contribution in [-0.4, -0.2) is 67.3 Å². The van der Waals surface area contributed by atoms with Crippen molar-refractivity contribution in [2.45, 2.75) is 15.2 Å². The molecule has 0 aromatic carbocycles. The number of carboxylic acid groups (broad SMARTS) is 1. The van der Waals surface area contributed by atoms with Crippen molar-refractivity contribution in [3.8, 4) is 0 Å². The molecule has 0 aliphatic carbocycles. The summed E-state index contributed by atoms with van der Waals surface area (Å²) in [5.41, 5.74) is -0.630. The van der Waals surface area contributed by atoms with E-state index in [1.165, 1.54) is 24.9 Å². The van der Waals surface area contributed by atoms with Gasteiger partial charge >= 0.3 is 5.97 Å². The van der Waals surface area contributed by atoms with E-state index in [2.05, 4.69) is 47.2 Å². The number of fused-ring (bicyclic) bond motifs is 1. The lowest BCUT2D eigenvalue weighted by Gasteiger charge is -2.48. The Labute approximate surface area is 157 Å². The number of alkyl halides is 2. The average molecular weight is 485 g/mol. The zero-order valence-electron chi connectivity index (χ0n) is 12.1. The lowest BCUT2D eigenvalue weighted by Crippen LogP contribution is -2.70. The van der Waals surface area contributed by atoms with Gasteiger partial charge in [-0.15, -0.1) is 11.8 Å². The Morgan fingerprint density at radius 1 is 1.50 bits per heavy atom. The Bertz CT molecular complexity index is 665. The number of hydrogen-bond donors (Lipinski definition) is 2. The van der Waals surface area contributed by atoms with Crippen LogP contribution in [0.15, 0.2) is 16.9 Å². The largest absolute Gasteiger partial charge is 0.477 e. The molecule has 1 unspecified atom stereocenters. The third kappa shape index (κ3) is 3.49. The highest BCUT2D eigenvalue weighted by Gasteiger charge is 2.53. The number of rotatable bonds is 6. The number of carbonyl (C=O) groups is 4. The monoisotopic (exact) mass is 483 g/mol. The van der Waals surface area contributed by atoms with Gasteiger partial charge in [-0.1, -0.05) is 37.0 Å². The number of oxime groups is 1. The molecule has 130 valence electrons. The Morgan fingerprint density at radius 2 is 2.17 bits per heavy atom. The zero-order chi connectivity index (χ0) is 18.0. The standard InChI is InChI=1S/C12H11Br2N3O6S/c1-23-16-5(7(18)8(13)14)9(19)15-6-10(20)17-4(12(21)22)2-3-24-11(6)17/h2,6,8,11H,3H2,1H3,(H,15,19)(H,21,22)/t6?,11-/m1/s1. The molecule has 2 amide bonds. The molecule has 1 fully saturated rings. The van der Waals surface area contributed by atoms with Crippen LogP contribution in [0.4, 0.5) is 0 Å². The Kier molecular flexibility index (Phi) is 6.04. The van der Waals surface area contributed by atoms with Gasteiger partial charge in [-0.3, -0.25) is 19.3 Å². The Hall–Kier alpha value is -1.40. The quantitative estimate of drug-likeness (QED) is 0.179. The number of carboxylic acids is 1. The second-order valence-electron chi connectivity index (χ2n) is 4.57. The molecule has 0 radical (unpaired) electrons. The number of halogens is 2. The number of β-lactam (4-membered cyclic amide) rings is 1. The van der Waals surface area contributed by atoms with E-state index in [-0.39, 0.29) is 5.70 Å². The number of nitrogens with zero attached hydrogens (tertiary/aromatic N) is 2. The minimum Gasteiger partial charge on any atom is -0.477 e. The van der Waals surface area contributed by atoms with Gasteiger partial charge in [0.2, 0.25) is 11.5 Å². The minimum atomic E-state index is -1.21. The fourth-order valence-corrected chi connectivity index (χ4v) is 3.77. The van der Waals surface area contributed by atoms with Gasteiger partial charge in [-0.2, -0.15) is 0 Å². The van der Waals surface area contributed by atoms with E-state index in [0.717, 1.165) is 4.90 Å². The molecular formula is C12H11Br2N3O6S. The van der Waals surface area contributed by atoms with Crippen LogP contribution in [0.5, 0.6) is 0 Å². The first kappa shape index (κ1) is 18.9. The number of aliphatic carboxylic acids is 1. The summed E-state index contributed by atoms with van der Waals surface area (Å²) in [6.07, 6.45) is 1.43. The Morgan fingerprint density at radius 3 is 2.71 bits per heavy atom. The summed E-state index contributed by atoms with van der Waals surface area (Å²) in [7, 11) is 1.18. The predicted octanol–water partition coefficient (Wildman–Crippen LogP) is 0.0422. The average Bonchev–Trinajstić information content (AvgIpc) is 2.55. The van der Waals surface area contributed by atoms with E-state index in [1.807, 2.05) is 0 Å². The minimum absolute atomic E-state index is 0.114. The van der Waals surface area contributed by atoms with Gasteiger partial charge < -0.3 is 15.3 Å². The van der Waals surface area contributed by atoms with Crippen molar-refractivity contribution < 1.29 is 29.1 Å². The number of ketones is 1. The van der Waals surface area contributed by atoms with E-state index in [9.17, 15) is 19.2 Å². The van der Waals surface area contributed by atoms with Crippen molar-refractivity contribution in [3.05, 3.63) is 11.8 Å². The van der Waals surface area contributed by atoms with Gasteiger partial charge in [0, 0.05) is 5.75 Å². The molecule has 2 rings (SSSR count). The molecular weight excluding hydrogens is 474 g/mol. The van der Waals surface area contributed by atoms with Crippen LogP contribution in [0.3, 0.4) is 0 Å². The summed E-state index contributed by atoms with van der Waals surface area (Å²) in [4.78, 5) is 53.0. The molecule has 2 aliphatic heterocycles. The summed E-state index contributed by atoms with van der Waals surface area (Å²) in [5, 5.41) is 14.3. The highest BCUT2D eigenvalue weighted by molar-refractivity contribution is 9.25. The summed E-state index contributed by atoms with van der Waals surface area (Å²) in [5.74, 6) is -2.94. The molecule has 9 nitrogen and oxygen atoms in total. The third-order valence-corrected chi connectivity index (χ3v) is 5.20. The maximum Gasteiger partial charge on any atom is 0.352 e. The molecule has 2 heterocycles. The molecule has 2 atom stereocenters. The van der Waals surface area contributed by atoms with Gasteiger partial charge in [0.25, 0.3) is 11.8 Å². The van der Waals surface area contributed by atoms with Crippen molar-refractivity contribution >= 4 is 72.9 Å². The van der Waals surface area contributed by atoms with Crippen LogP contribution >= 0.6 is 43.6 Å². The first-order chi connectivity index (χ1) is 11.3. The van der Waals surface area contributed by atoms with Crippen LogP contribution < -0.4 is 5.32 Å². The molecule has 0 bridgehead atoms. The van der Waals surface area contributed by atoms with E-state index < -0.39 is 44.4 Å². The summed E-state index contributed by atoms with van der Waals surface area (Å²) >= 11 is 7.24. The van der Waals surface area contributed by atoms with Crippen molar-refractivity contribution in [3.63, 3.8) is 0 Å². The molecule has 0 aromatic rings. The smallest absolute Gasteiger partial charge is 0.352 e. The van der Waals surface area contributed by atoms with Crippen LogP contribution in [0.1, 0.15) is 0 Å². The van der Waals surface area contributed by atoms with Crippen LogP contribution in [0.2, 0.25) is 0 Å². The van der Waals surface area contributed by atoms with Gasteiger partial charge in [-0.05, 0) is 6.08 Å². The van der Waals surface area contributed by atoms with E-state index in [4.69, 9.17) is 5.11 Å². The van der Waals surface area contributed by atoms with Crippen LogP contribution in [-0.2, 0) is 24.0 Å². The SMILES string of the molecule is CON=C(C(=O)NC1C(=O)N2C(C(=O)O)=CCS[C@H]12)C(=O)C(Br)Br. The molecule has 12 heteroatoms. The Balaban J connectivity index is 2.12. The highest BCUT2D eigenvalue weighted by Crippen LogP contribution is 2.37. The number of thioether (sulfide) groups is 1. The lowest BCUT2D eigenvalue weighted by molar-refractivity contribution is -0.150. The molecule has 24 heavy (non-hydrogen) atoms. The summed E-state index contributed by atoms with van der Waals surface area (Å²) in [6, 6.07) is -0.940. The molecule has 0 spiro atoms. The van der Waals surface area contributed by atoms with Crippen LogP contribution in [0, 0.1) is 0 Å². The highest BCUT2D eigenvalue weighted by atomic mass is 79.9. The molecule has 2 aliphatic rings. The fraction of sp³-hybridized carbons (Fsp3) is 0.417. The van der Waals surface area contributed by atoms with Crippen LogP contribution in [0.25, 0.3) is 0 Å².